The van der Waals surface area contributed by atoms with Crippen molar-refractivity contribution in [2.45, 2.75) is 25.4 Å². The summed E-state index contributed by atoms with van der Waals surface area (Å²) >= 11 is 5.74. The average Bonchev–Trinajstić information content (AvgIpc) is 3.19. The predicted octanol–water partition coefficient (Wildman–Crippen LogP) is 1.88. The zero-order chi connectivity index (χ0) is 14.7. The molecule has 2 N–H and O–H groups in total. The zero-order valence-electron chi connectivity index (χ0n) is 11.3. The number of ether oxygens (including phenoxy) is 1. The average molecular weight is 311 g/mol. The molecule has 1 atom stereocenters. The number of carbonyl (C=O) groups excluding carboxylic acids is 1. The van der Waals surface area contributed by atoms with Crippen LogP contribution in [0.15, 0.2) is 16.8 Å². The van der Waals surface area contributed by atoms with Crippen LogP contribution < -0.4 is 5.32 Å². The SMILES string of the molecule is O=C(NCCc1noc([C@@H]2CCCO2)n1)c1cc(Cl)c[nH]1. The van der Waals surface area contributed by atoms with Gasteiger partial charge in [-0.25, -0.2) is 0 Å². The van der Waals surface area contributed by atoms with E-state index in [0.29, 0.717) is 35.4 Å². The molecule has 2 aromatic heterocycles. The van der Waals surface area contributed by atoms with E-state index in [0.717, 1.165) is 19.4 Å². The highest BCUT2D eigenvalue weighted by Gasteiger charge is 2.23. The number of halogens is 1. The summed E-state index contributed by atoms with van der Waals surface area (Å²) < 4.78 is 10.6. The third-order valence-corrected chi connectivity index (χ3v) is 3.43. The van der Waals surface area contributed by atoms with Crippen molar-refractivity contribution >= 4 is 17.5 Å². The lowest BCUT2D eigenvalue weighted by atomic mass is 10.2. The second kappa shape index (κ2) is 6.28. The fraction of sp³-hybridized carbons (Fsp3) is 0.462. The number of hydrogen-bond donors (Lipinski definition) is 2. The van der Waals surface area contributed by atoms with Crippen molar-refractivity contribution in [1.29, 1.82) is 0 Å². The molecule has 0 unspecified atom stereocenters. The molecule has 1 aliphatic rings. The molecule has 0 bridgehead atoms. The van der Waals surface area contributed by atoms with Crippen LogP contribution >= 0.6 is 11.6 Å². The Morgan fingerprint density at radius 3 is 3.19 bits per heavy atom. The maximum absolute atomic E-state index is 11.8. The molecule has 112 valence electrons. The van der Waals surface area contributed by atoms with Gasteiger partial charge in [0, 0.05) is 25.8 Å². The van der Waals surface area contributed by atoms with Gasteiger partial charge in [0.2, 0.25) is 0 Å². The standard InChI is InChI=1S/C13H15ClN4O3/c14-8-6-9(16-7-8)12(19)15-4-3-11-17-13(21-18-11)10-2-1-5-20-10/h6-7,10,16H,1-5H2,(H,15,19)/t10-/m0/s1. The van der Waals surface area contributed by atoms with E-state index in [9.17, 15) is 4.79 Å². The molecule has 0 radical (unpaired) electrons. The van der Waals surface area contributed by atoms with Gasteiger partial charge in [0.25, 0.3) is 11.8 Å². The number of aromatic amines is 1. The first-order valence-corrected chi connectivity index (χ1v) is 7.16. The number of aromatic nitrogens is 3. The quantitative estimate of drug-likeness (QED) is 0.879. The van der Waals surface area contributed by atoms with Gasteiger partial charge in [-0.3, -0.25) is 4.79 Å². The number of amides is 1. The van der Waals surface area contributed by atoms with Crippen LogP contribution in [0.4, 0.5) is 0 Å². The van der Waals surface area contributed by atoms with Crippen molar-refractivity contribution in [3.8, 4) is 0 Å². The molecule has 1 fully saturated rings. The van der Waals surface area contributed by atoms with Gasteiger partial charge in [0.15, 0.2) is 5.82 Å². The highest BCUT2D eigenvalue weighted by Crippen LogP contribution is 2.26. The third kappa shape index (κ3) is 3.43. The Kier molecular flexibility index (Phi) is 4.21. The Balaban J connectivity index is 1.48. The summed E-state index contributed by atoms with van der Waals surface area (Å²) in [5.41, 5.74) is 0.424. The first kappa shape index (κ1) is 14.1. The van der Waals surface area contributed by atoms with E-state index >= 15 is 0 Å². The van der Waals surface area contributed by atoms with Crippen molar-refractivity contribution in [2.24, 2.45) is 0 Å². The topological polar surface area (TPSA) is 93.0 Å². The Labute approximate surface area is 126 Å². The van der Waals surface area contributed by atoms with Gasteiger partial charge >= 0.3 is 0 Å². The van der Waals surface area contributed by atoms with Crippen LogP contribution in [-0.2, 0) is 11.2 Å². The molecule has 21 heavy (non-hydrogen) atoms. The van der Waals surface area contributed by atoms with Crippen molar-refractivity contribution in [1.82, 2.24) is 20.4 Å². The van der Waals surface area contributed by atoms with Gasteiger partial charge in [-0.2, -0.15) is 4.98 Å². The van der Waals surface area contributed by atoms with Crippen molar-refractivity contribution in [2.75, 3.05) is 13.2 Å². The van der Waals surface area contributed by atoms with Crippen LogP contribution in [0.2, 0.25) is 5.02 Å². The van der Waals surface area contributed by atoms with Crippen LogP contribution in [0.3, 0.4) is 0 Å². The summed E-state index contributed by atoms with van der Waals surface area (Å²) in [6, 6.07) is 1.57. The number of nitrogens with zero attached hydrogens (tertiary/aromatic N) is 2. The maximum atomic E-state index is 11.8. The van der Waals surface area contributed by atoms with Gasteiger partial charge in [-0.15, -0.1) is 0 Å². The minimum absolute atomic E-state index is 0.0816. The third-order valence-electron chi connectivity index (χ3n) is 3.22. The molecule has 0 aromatic carbocycles. The van der Waals surface area contributed by atoms with E-state index in [1.54, 1.807) is 12.3 Å². The predicted molar refractivity (Wildman–Crippen MR) is 74.1 cm³/mol. The first-order valence-electron chi connectivity index (χ1n) is 6.78. The minimum atomic E-state index is -0.218. The lowest BCUT2D eigenvalue weighted by molar-refractivity contribution is 0.0835. The summed E-state index contributed by atoms with van der Waals surface area (Å²) in [5, 5.41) is 7.15. The molecule has 3 heterocycles. The molecule has 1 amide bonds. The number of hydrogen-bond acceptors (Lipinski definition) is 5. The van der Waals surface area contributed by atoms with Crippen molar-refractivity contribution in [3.05, 3.63) is 34.7 Å². The number of rotatable bonds is 5. The molecular formula is C13H15ClN4O3. The molecule has 0 aliphatic carbocycles. The van der Waals surface area contributed by atoms with Crippen LogP contribution in [-0.4, -0.2) is 34.2 Å². The smallest absolute Gasteiger partial charge is 0.267 e. The second-order valence-electron chi connectivity index (χ2n) is 4.79. The van der Waals surface area contributed by atoms with E-state index in [1.165, 1.54) is 0 Å². The largest absolute Gasteiger partial charge is 0.368 e. The molecule has 2 aromatic rings. The van der Waals surface area contributed by atoms with Gasteiger partial charge < -0.3 is 19.6 Å². The first-order chi connectivity index (χ1) is 10.2. The Morgan fingerprint density at radius 1 is 1.57 bits per heavy atom. The van der Waals surface area contributed by atoms with Crippen LogP contribution in [0.1, 0.15) is 41.1 Å². The summed E-state index contributed by atoms with van der Waals surface area (Å²) in [7, 11) is 0. The lowest BCUT2D eigenvalue weighted by Crippen LogP contribution is -2.26. The molecule has 3 rings (SSSR count). The van der Waals surface area contributed by atoms with Crippen molar-refractivity contribution < 1.29 is 14.1 Å². The van der Waals surface area contributed by atoms with E-state index in [2.05, 4.69) is 20.4 Å². The van der Waals surface area contributed by atoms with E-state index in [1.807, 2.05) is 0 Å². The van der Waals surface area contributed by atoms with Gasteiger partial charge in [0.05, 0.1) is 5.02 Å². The minimum Gasteiger partial charge on any atom is -0.368 e. The van der Waals surface area contributed by atoms with Crippen LogP contribution in [0, 0.1) is 0 Å². The van der Waals surface area contributed by atoms with E-state index in [4.69, 9.17) is 20.9 Å². The van der Waals surface area contributed by atoms with Crippen molar-refractivity contribution in [3.63, 3.8) is 0 Å². The monoisotopic (exact) mass is 310 g/mol. The zero-order valence-corrected chi connectivity index (χ0v) is 12.0. The van der Waals surface area contributed by atoms with Gasteiger partial charge in [0.1, 0.15) is 11.8 Å². The van der Waals surface area contributed by atoms with E-state index in [-0.39, 0.29) is 12.0 Å². The lowest BCUT2D eigenvalue weighted by Gasteiger charge is -2.01. The molecule has 0 spiro atoms. The molecule has 7 nitrogen and oxygen atoms in total. The summed E-state index contributed by atoms with van der Waals surface area (Å²) in [4.78, 5) is 18.8. The second-order valence-corrected chi connectivity index (χ2v) is 5.22. The molecule has 1 aliphatic heterocycles. The number of carbonyl (C=O) groups is 1. The molecular weight excluding hydrogens is 296 g/mol. The molecule has 1 saturated heterocycles. The Hall–Kier alpha value is -1.86. The Bertz CT molecular complexity index is 618. The van der Waals surface area contributed by atoms with Gasteiger partial charge in [-0.1, -0.05) is 16.8 Å². The molecule has 8 heteroatoms. The fourth-order valence-electron chi connectivity index (χ4n) is 2.15. The maximum Gasteiger partial charge on any atom is 0.267 e. The van der Waals surface area contributed by atoms with Crippen LogP contribution in [0.5, 0.6) is 0 Å². The Morgan fingerprint density at radius 2 is 2.48 bits per heavy atom. The number of nitrogens with one attached hydrogen (secondary N) is 2. The highest BCUT2D eigenvalue weighted by molar-refractivity contribution is 6.30. The summed E-state index contributed by atoms with van der Waals surface area (Å²) in [6.07, 6.45) is 3.89. The van der Waals surface area contributed by atoms with E-state index < -0.39 is 0 Å². The summed E-state index contributed by atoms with van der Waals surface area (Å²) in [5.74, 6) is 0.861. The molecule has 0 saturated carbocycles. The number of H-pyrrole nitrogens is 1. The van der Waals surface area contributed by atoms with Gasteiger partial charge in [-0.05, 0) is 18.9 Å². The van der Waals surface area contributed by atoms with Crippen LogP contribution in [0.25, 0.3) is 0 Å². The fourth-order valence-corrected chi connectivity index (χ4v) is 2.32. The normalized spacial score (nSPS) is 18.0. The highest BCUT2D eigenvalue weighted by atomic mass is 35.5. The summed E-state index contributed by atoms with van der Waals surface area (Å²) in [6.45, 7) is 1.15.